The van der Waals surface area contributed by atoms with Crippen LogP contribution in [0.3, 0.4) is 0 Å². The highest BCUT2D eigenvalue weighted by atomic mass is 35.5. The third-order valence-corrected chi connectivity index (χ3v) is 7.22. The molecule has 1 aromatic heterocycles. The summed E-state index contributed by atoms with van der Waals surface area (Å²) in [6.45, 7) is 7.02. The molecule has 1 unspecified atom stereocenters. The van der Waals surface area contributed by atoms with Crippen LogP contribution >= 0.6 is 11.6 Å². The molecule has 1 aliphatic heterocycles. The first-order valence-electron chi connectivity index (χ1n) is 12.0. The first-order valence-corrected chi connectivity index (χ1v) is 12.4. The van der Waals surface area contributed by atoms with E-state index in [9.17, 15) is 30.7 Å². The molecule has 0 radical (unpaired) electrons. The van der Waals surface area contributed by atoms with E-state index >= 15 is 0 Å². The number of nitrogens with one attached hydrogen (secondary N) is 3. The maximum atomic E-state index is 14.3. The van der Waals surface area contributed by atoms with Crippen LogP contribution in [0, 0.1) is 17.0 Å². The summed E-state index contributed by atoms with van der Waals surface area (Å²) in [6.07, 6.45) is -7.63. The molecular weight excluding hydrogens is 575 g/mol. The van der Waals surface area contributed by atoms with Gasteiger partial charge in [-0.3, -0.25) is 5.41 Å². The van der Waals surface area contributed by atoms with Gasteiger partial charge in [0.1, 0.15) is 11.6 Å². The van der Waals surface area contributed by atoms with Gasteiger partial charge in [0.15, 0.2) is 0 Å². The van der Waals surface area contributed by atoms with E-state index in [-0.39, 0.29) is 33.1 Å². The van der Waals surface area contributed by atoms with E-state index in [1.165, 1.54) is 35.9 Å². The molecule has 0 spiro atoms. The Hall–Kier alpha value is -4.19. The number of fused-ring (bicyclic) bond motifs is 3. The van der Waals surface area contributed by atoms with Crippen LogP contribution < -0.4 is 16.3 Å². The SMILES string of the molecule is C=C(Nc1cc2c(c3c1C(c1cc(F)ccc1Cl)NC3=C)n(C)c(=N)n2CC(F)F)c1cc(F)cc(C(F)(F)F)c1. The second kappa shape index (κ2) is 10.0. The number of halogens is 8. The number of imidazole rings is 1. The lowest BCUT2D eigenvalue weighted by Crippen LogP contribution is -2.25. The summed E-state index contributed by atoms with van der Waals surface area (Å²) in [6, 6.07) is 6.25. The van der Waals surface area contributed by atoms with E-state index in [4.69, 9.17) is 17.0 Å². The first kappa shape index (κ1) is 28.3. The number of aryl methyl sites for hydroxylation is 1. The molecule has 0 fully saturated rings. The van der Waals surface area contributed by atoms with Crippen molar-refractivity contribution in [2.75, 3.05) is 5.32 Å². The van der Waals surface area contributed by atoms with Crippen LogP contribution in [-0.4, -0.2) is 15.6 Å². The third kappa shape index (κ3) is 4.96. The van der Waals surface area contributed by atoms with Crippen molar-refractivity contribution < 1.29 is 30.7 Å². The number of hydrogen-bond donors (Lipinski definition) is 3. The predicted molar refractivity (Wildman–Crippen MR) is 142 cm³/mol. The van der Waals surface area contributed by atoms with Gasteiger partial charge in [0.25, 0.3) is 6.43 Å². The van der Waals surface area contributed by atoms with Crippen molar-refractivity contribution >= 4 is 39.7 Å². The van der Waals surface area contributed by atoms with Gasteiger partial charge < -0.3 is 19.8 Å². The van der Waals surface area contributed by atoms with Gasteiger partial charge in [-0.1, -0.05) is 24.8 Å². The molecule has 4 aromatic rings. The van der Waals surface area contributed by atoms with Crippen LogP contribution in [-0.2, 0) is 19.8 Å². The topological polar surface area (TPSA) is 57.8 Å². The van der Waals surface area contributed by atoms with E-state index in [1.54, 1.807) is 0 Å². The third-order valence-electron chi connectivity index (χ3n) is 6.88. The summed E-state index contributed by atoms with van der Waals surface area (Å²) in [5.41, 5.74) is 0.272. The van der Waals surface area contributed by atoms with Gasteiger partial charge in [0, 0.05) is 51.4 Å². The minimum Gasteiger partial charge on any atom is -0.374 e. The zero-order valence-electron chi connectivity index (χ0n) is 21.2. The highest BCUT2D eigenvalue weighted by Gasteiger charge is 2.35. The molecule has 0 bridgehead atoms. The molecule has 1 aliphatic rings. The van der Waals surface area contributed by atoms with E-state index in [0.29, 0.717) is 34.0 Å². The second-order valence-corrected chi connectivity index (χ2v) is 9.92. The summed E-state index contributed by atoms with van der Waals surface area (Å²) < 4.78 is 98.1. The fraction of sp³-hybridized carbons (Fsp3) is 0.179. The summed E-state index contributed by atoms with van der Waals surface area (Å²) in [5, 5.41) is 14.7. The molecule has 2 heterocycles. The van der Waals surface area contributed by atoms with E-state index < -0.39 is 42.4 Å². The first-order chi connectivity index (χ1) is 19.2. The molecule has 3 N–H and O–H groups in total. The lowest BCUT2D eigenvalue weighted by Gasteiger charge is -2.21. The number of hydrogen-bond acceptors (Lipinski definition) is 3. The fourth-order valence-electron chi connectivity index (χ4n) is 5.10. The molecule has 1 atom stereocenters. The van der Waals surface area contributed by atoms with Crippen molar-refractivity contribution in [3.05, 3.63) is 106 Å². The van der Waals surface area contributed by atoms with Crippen LogP contribution in [0.5, 0.6) is 0 Å². The van der Waals surface area contributed by atoms with Gasteiger partial charge in [0.2, 0.25) is 5.62 Å². The number of nitrogens with zero attached hydrogens (tertiary/aromatic N) is 2. The highest BCUT2D eigenvalue weighted by molar-refractivity contribution is 6.31. The second-order valence-electron chi connectivity index (χ2n) is 9.52. The zero-order chi connectivity index (χ0) is 30.0. The van der Waals surface area contributed by atoms with Crippen LogP contribution in [0.4, 0.5) is 36.4 Å². The van der Waals surface area contributed by atoms with Gasteiger partial charge in [0.05, 0.1) is 29.2 Å². The Labute approximate surface area is 233 Å². The predicted octanol–water partition coefficient (Wildman–Crippen LogP) is 7.42. The van der Waals surface area contributed by atoms with Crippen molar-refractivity contribution in [1.29, 1.82) is 5.41 Å². The van der Waals surface area contributed by atoms with Gasteiger partial charge in [-0.05, 0) is 42.5 Å². The Kier molecular flexibility index (Phi) is 6.93. The number of alkyl halides is 5. The molecule has 214 valence electrons. The Morgan fingerprint density at radius 1 is 1.12 bits per heavy atom. The Balaban J connectivity index is 1.77. The number of anilines is 1. The van der Waals surface area contributed by atoms with Crippen molar-refractivity contribution in [3.8, 4) is 0 Å². The Morgan fingerprint density at radius 2 is 1.83 bits per heavy atom. The van der Waals surface area contributed by atoms with Crippen molar-refractivity contribution in [1.82, 2.24) is 14.5 Å². The molecule has 0 saturated heterocycles. The minimum atomic E-state index is -4.83. The summed E-state index contributed by atoms with van der Waals surface area (Å²) in [7, 11) is 1.51. The molecular formula is C28H21ClF7N5. The lowest BCUT2D eigenvalue weighted by atomic mass is 9.94. The average molecular weight is 596 g/mol. The van der Waals surface area contributed by atoms with Crippen molar-refractivity contribution in [2.45, 2.75) is 25.2 Å². The quantitative estimate of drug-likeness (QED) is 0.203. The van der Waals surface area contributed by atoms with Gasteiger partial charge >= 0.3 is 6.18 Å². The monoisotopic (exact) mass is 595 g/mol. The van der Waals surface area contributed by atoms with Crippen LogP contribution in [0.1, 0.15) is 33.9 Å². The normalized spacial score (nSPS) is 15.0. The van der Waals surface area contributed by atoms with Crippen molar-refractivity contribution in [3.63, 3.8) is 0 Å². The molecule has 0 saturated carbocycles. The largest absolute Gasteiger partial charge is 0.416 e. The molecule has 0 amide bonds. The van der Waals surface area contributed by atoms with Gasteiger partial charge in [-0.25, -0.2) is 17.6 Å². The van der Waals surface area contributed by atoms with Crippen LogP contribution in [0.15, 0.2) is 55.6 Å². The Bertz CT molecular complexity index is 1800. The minimum absolute atomic E-state index is 0.138. The summed E-state index contributed by atoms with van der Waals surface area (Å²) in [5.74, 6) is -1.73. The van der Waals surface area contributed by atoms with Crippen LogP contribution in [0.2, 0.25) is 5.02 Å². The maximum absolute atomic E-state index is 14.3. The molecule has 5 nitrogen and oxygen atoms in total. The molecule has 3 aromatic carbocycles. The average Bonchev–Trinajstić information content (AvgIpc) is 3.34. The number of aromatic nitrogens is 2. The standard InChI is InChI=1S/C28H21ClF7N5/c1-12(14-6-15(28(34,35)36)8-17(31)7-14)38-20-10-21-26(40(3)27(37)41(21)11-22(32)33)23-13(2)39-25(24(20)23)18-9-16(30)4-5-19(18)29/h4-10,22,25,37-39H,1-2,11H2,3H3. The van der Waals surface area contributed by atoms with Gasteiger partial charge in [-0.2, -0.15) is 13.2 Å². The van der Waals surface area contributed by atoms with Gasteiger partial charge in [-0.15, -0.1) is 0 Å². The lowest BCUT2D eigenvalue weighted by molar-refractivity contribution is -0.137. The van der Waals surface area contributed by atoms with Crippen LogP contribution in [0.25, 0.3) is 22.4 Å². The summed E-state index contributed by atoms with van der Waals surface area (Å²) >= 11 is 6.41. The van der Waals surface area contributed by atoms with E-state index in [1.807, 2.05) is 0 Å². The molecule has 5 rings (SSSR count). The highest BCUT2D eigenvalue weighted by Crippen LogP contribution is 2.46. The zero-order valence-corrected chi connectivity index (χ0v) is 22.0. The molecule has 0 aliphatic carbocycles. The summed E-state index contributed by atoms with van der Waals surface area (Å²) in [4.78, 5) is 0. The molecule has 13 heteroatoms. The number of benzene rings is 3. The van der Waals surface area contributed by atoms with E-state index in [0.717, 1.165) is 16.7 Å². The Morgan fingerprint density at radius 3 is 2.49 bits per heavy atom. The number of rotatable bonds is 6. The molecule has 41 heavy (non-hydrogen) atoms. The van der Waals surface area contributed by atoms with E-state index in [2.05, 4.69) is 23.8 Å². The smallest absolute Gasteiger partial charge is 0.374 e. The fourth-order valence-corrected chi connectivity index (χ4v) is 5.33. The van der Waals surface area contributed by atoms with Crippen molar-refractivity contribution in [2.24, 2.45) is 7.05 Å². The maximum Gasteiger partial charge on any atom is 0.416 e.